The van der Waals surface area contributed by atoms with Gasteiger partial charge in [0, 0.05) is 17.7 Å². The van der Waals surface area contributed by atoms with Gasteiger partial charge in [-0.15, -0.1) is 0 Å². The van der Waals surface area contributed by atoms with Crippen molar-refractivity contribution < 1.29 is 9.90 Å². The molecule has 0 aliphatic rings. The normalized spacial score (nSPS) is 12.0. The van der Waals surface area contributed by atoms with Gasteiger partial charge in [-0.3, -0.25) is 4.40 Å². The van der Waals surface area contributed by atoms with Gasteiger partial charge in [-0.05, 0) is 6.92 Å². The van der Waals surface area contributed by atoms with E-state index < -0.39 is 5.97 Å². The number of rotatable bonds is 1. The predicted octanol–water partition coefficient (Wildman–Crippen LogP) is 2.03. The maximum absolute atomic E-state index is 10.9. The average molecular weight is 233 g/mol. The maximum Gasteiger partial charge on any atom is 0.356 e. The van der Waals surface area contributed by atoms with Gasteiger partial charge in [-0.2, -0.15) is 0 Å². The van der Waals surface area contributed by atoms with E-state index in [9.17, 15) is 4.79 Å². The van der Waals surface area contributed by atoms with Crippen LogP contribution in [0.15, 0.2) is 12.3 Å². The Morgan fingerprint density at radius 1 is 1.35 bits per heavy atom. The number of hydrogen-bond donors (Lipinski definition) is 1. The van der Waals surface area contributed by atoms with Crippen LogP contribution >= 0.6 is 0 Å². The molecule has 0 saturated carbocycles. The van der Waals surface area contributed by atoms with Crippen LogP contribution in [0.1, 0.15) is 42.8 Å². The number of carboxylic acids is 1. The molecule has 2 rings (SSSR count). The van der Waals surface area contributed by atoms with Gasteiger partial charge in [-0.25, -0.2) is 14.8 Å². The largest absolute Gasteiger partial charge is 0.476 e. The molecule has 0 amide bonds. The highest BCUT2D eigenvalue weighted by atomic mass is 16.4. The molecule has 2 heterocycles. The van der Waals surface area contributed by atoms with Crippen LogP contribution in [0.25, 0.3) is 5.65 Å². The Morgan fingerprint density at radius 2 is 2.00 bits per heavy atom. The molecule has 0 aliphatic heterocycles. The minimum absolute atomic E-state index is 0.0426. The Labute approximate surface area is 99.1 Å². The van der Waals surface area contributed by atoms with Crippen molar-refractivity contribution in [3.63, 3.8) is 0 Å². The highest BCUT2D eigenvalue weighted by Crippen LogP contribution is 2.22. The van der Waals surface area contributed by atoms with Crippen molar-refractivity contribution in [1.82, 2.24) is 14.4 Å². The Hall–Kier alpha value is -1.91. The molecular weight excluding hydrogens is 218 g/mol. The predicted molar refractivity (Wildman–Crippen MR) is 63.4 cm³/mol. The van der Waals surface area contributed by atoms with E-state index in [1.165, 1.54) is 6.20 Å². The Morgan fingerprint density at radius 3 is 2.53 bits per heavy atom. The Kier molecular flexibility index (Phi) is 2.41. The molecular formula is C12H15N3O2. The molecule has 0 spiro atoms. The van der Waals surface area contributed by atoms with Gasteiger partial charge in [0.1, 0.15) is 11.5 Å². The van der Waals surface area contributed by atoms with E-state index in [1.54, 1.807) is 4.40 Å². The summed E-state index contributed by atoms with van der Waals surface area (Å²) in [6, 6.07) is 1.83. The summed E-state index contributed by atoms with van der Waals surface area (Å²) >= 11 is 0. The van der Waals surface area contributed by atoms with Gasteiger partial charge < -0.3 is 5.11 Å². The molecule has 90 valence electrons. The van der Waals surface area contributed by atoms with Crippen molar-refractivity contribution in [3.8, 4) is 0 Å². The van der Waals surface area contributed by atoms with E-state index in [-0.39, 0.29) is 11.1 Å². The second kappa shape index (κ2) is 3.55. The molecule has 17 heavy (non-hydrogen) atoms. The summed E-state index contributed by atoms with van der Waals surface area (Å²) in [5, 5.41) is 8.91. The number of hydrogen-bond acceptors (Lipinski definition) is 3. The van der Waals surface area contributed by atoms with Crippen LogP contribution in [0.5, 0.6) is 0 Å². The van der Waals surface area contributed by atoms with E-state index in [0.717, 1.165) is 11.5 Å². The zero-order valence-corrected chi connectivity index (χ0v) is 10.4. The lowest BCUT2D eigenvalue weighted by Crippen LogP contribution is -2.15. The first-order valence-corrected chi connectivity index (χ1v) is 5.39. The minimum atomic E-state index is -1.02. The third kappa shape index (κ3) is 2.00. The highest BCUT2D eigenvalue weighted by Gasteiger charge is 2.18. The van der Waals surface area contributed by atoms with Crippen molar-refractivity contribution >= 4 is 11.6 Å². The second-order valence-corrected chi connectivity index (χ2v) is 5.10. The summed E-state index contributed by atoms with van der Waals surface area (Å²) in [7, 11) is 0. The third-order valence-corrected chi connectivity index (χ3v) is 2.62. The lowest BCUT2D eigenvalue weighted by molar-refractivity contribution is 0.0691. The maximum atomic E-state index is 10.9. The number of nitrogens with zero attached hydrogens (tertiary/aromatic N) is 3. The average Bonchev–Trinajstić information content (AvgIpc) is 2.60. The van der Waals surface area contributed by atoms with E-state index >= 15 is 0 Å². The molecule has 2 aromatic heterocycles. The fourth-order valence-corrected chi connectivity index (χ4v) is 1.63. The van der Waals surface area contributed by atoms with Gasteiger partial charge in [0.25, 0.3) is 0 Å². The quantitative estimate of drug-likeness (QED) is 0.818. The zero-order chi connectivity index (χ0) is 12.8. The molecule has 0 bridgehead atoms. The van der Waals surface area contributed by atoms with Gasteiger partial charge in [-0.1, -0.05) is 20.8 Å². The van der Waals surface area contributed by atoms with E-state index in [2.05, 4.69) is 30.7 Å². The molecule has 5 nitrogen and oxygen atoms in total. The minimum Gasteiger partial charge on any atom is -0.476 e. The molecule has 1 N–H and O–H groups in total. The van der Waals surface area contributed by atoms with E-state index in [1.807, 2.05) is 13.0 Å². The summed E-state index contributed by atoms with van der Waals surface area (Å²) in [6.45, 7) is 8.03. The summed E-state index contributed by atoms with van der Waals surface area (Å²) in [5.41, 5.74) is 1.49. The van der Waals surface area contributed by atoms with Crippen LogP contribution in [0.3, 0.4) is 0 Å². The summed E-state index contributed by atoms with van der Waals surface area (Å²) in [4.78, 5) is 19.4. The summed E-state index contributed by atoms with van der Waals surface area (Å²) in [6.07, 6.45) is 1.49. The number of fused-ring (bicyclic) bond motifs is 1. The van der Waals surface area contributed by atoms with Gasteiger partial charge in [0.2, 0.25) is 0 Å². The van der Waals surface area contributed by atoms with Crippen LogP contribution in [0, 0.1) is 6.92 Å². The molecule has 5 heteroatoms. The molecule has 0 aromatic carbocycles. The smallest absolute Gasteiger partial charge is 0.356 e. The number of aromatic carboxylic acids is 1. The first kappa shape index (κ1) is 11.6. The first-order chi connectivity index (χ1) is 7.79. The zero-order valence-electron chi connectivity index (χ0n) is 10.4. The summed E-state index contributed by atoms with van der Waals surface area (Å²) < 4.78 is 1.69. The SMILES string of the molecule is Cc1nc(C(C)(C)C)cc2nc(C(=O)O)cn12. The van der Waals surface area contributed by atoms with Crippen molar-refractivity contribution in [2.24, 2.45) is 0 Å². The van der Waals surface area contributed by atoms with Crippen LogP contribution < -0.4 is 0 Å². The fourth-order valence-electron chi connectivity index (χ4n) is 1.63. The number of carbonyl (C=O) groups is 1. The van der Waals surface area contributed by atoms with Crippen molar-refractivity contribution in [2.45, 2.75) is 33.1 Å². The molecule has 0 unspecified atom stereocenters. The van der Waals surface area contributed by atoms with Crippen molar-refractivity contribution in [2.75, 3.05) is 0 Å². The molecule has 0 atom stereocenters. The van der Waals surface area contributed by atoms with E-state index in [4.69, 9.17) is 5.11 Å². The van der Waals surface area contributed by atoms with Crippen LogP contribution in [0.4, 0.5) is 0 Å². The van der Waals surface area contributed by atoms with E-state index in [0.29, 0.717) is 5.65 Å². The highest BCUT2D eigenvalue weighted by molar-refractivity contribution is 5.86. The van der Waals surface area contributed by atoms with Gasteiger partial charge in [0.05, 0.1) is 5.69 Å². The van der Waals surface area contributed by atoms with Crippen LogP contribution in [-0.2, 0) is 5.41 Å². The molecule has 0 aliphatic carbocycles. The number of carboxylic acid groups (broad SMARTS) is 1. The van der Waals surface area contributed by atoms with Gasteiger partial charge in [0.15, 0.2) is 5.69 Å². The van der Waals surface area contributed by atoms with Crippen molar-refractivity contribution in [3.05, 3.63) is 29.5 Å². The topological polar surface area (TPSA) is 67.5 Å². The fraction of sp³-hybridized carbons (Fsp3) is 0.417. The van der Waals surface area contributed by atoms with Crippen molar-refractivity contribution in [1.29, 1.82) is 0 Å². The molecule has 0 fully saturated rings. The lowest BCUT2D eigenvalue weighted by Gasteiger charge is -2.18. The van der Waals surface area contributed by atoms with Gasteiger partial charge >= 0.3 is 5.97 Å². The summed E-state index contributed by atoms with van der Waals surface area (Å²) in [5.74, 6) is -0.280. The molecule has 2 aromatic rings. The lowest BCUT2D eigenvalue weighted by atomic mass is 9.92. The standard InChI is InChI=1S/C12H15N3O2/c1-7-13-9(12(2,3)4)5-10-14-8(11(16)17)6-15(7)10/h5-6H,1-4H3,(H,16,17). The number of aryl methyl sites for hydroxylation is 1. The Balaban J connectivity index is 2.69. The molecule has 0 saturated heterocycles. The molecule has 0 radical (unpaired) electrons. The van der Waals surface area contributed by atoms with Crippen LogP contribution in [-0.4, -0.2) is 25.4 Å². The monoisotopic (exact) mass is 233 g/mol. The third-order valence-electron chi connectivity index (χ3n) is 2.62. The number of imidazole rings is 1. The first-order valence-electron chi connectivity index (χ1n) is 5.39. The van der Waals surface area contributed by atoms with Crippen LogP contribution in [0.2, 0.25) is 0 Å². The second-order valence-electron chi connectivity index (χ2n) is 5.10. The Bertz CT molecular complexity index is 594. The number of aromatic nitrogens is 3.